The largest absolute Gasteiger partial charge is 0.467 e. The fourth-order valence-electron chi connectivity index (χ4n) is 1.15. The van der Waals surface area contributed by atoms with Gasteiger partial charge in [0.15, 0.2) is 5.60 Å². The third-order valence-electron chi connectivity index (χ3n) is 1.88. The van der Waals surface area contributed by atoms with E-state index in [9.17, 15) is 4.79 Å². The van der Waals surface area contributed by atoms with Crippen molar-refractivity contribution >= 4 is 5.97 Å². The van der Waals surface area contributed by atoms with Crippen LogP contribution in [0.25, 0.3) is 0 Å². The van der Waals surface area contributed by atoms with Gasteiger partial charge in [-0.3, -0.25) is 0 Å². The summed E-state index contributed by atoms with van der Waals surface area (Å²) in [7, 11) is 1.37. The second-order valence-electron chi connectivity index (χ2n) is 2.45. The zero-order chi connectivity index (χ0) is 8.32. The molecule has 1 aliphatic heterocycles. The molecule has 0 spiro atoms. The zero-order valence-corrected chi connectivity index (χ0v) is 6.79. The summed E-state index contributed by atoms with van der Waals surface area (Å²) in [6.07, 6.45) is 4.22. The lowest BCUT2D eigenvalue weighted by Gasteiger charge is -2.21. The summed E-state index contributed by atoms with van der Waals surface area (Å²) in [5, 5.41) is 0. The van der Waals surface area contributed by atoms with E-state index >= 15 is 0 Å². The van der Waals surface area contributed by atoms with Crippen LogP contribution < -0.4 is 0 Å². The van der Waals surface area contributed by atoms with Crippen LogP contribution in [0, 0.1) is 0 Å². The highest BCUT2D eigenvalue weighted by Crippen LogP contribution is 2.23. The maximum absolute atomic E-state index is 11.2. The van der Waals surface area contributed by atoms with Gasteiger partial charge in [0.1, 0.15) is 0 Å². The van der Waals surface area contributed by atoms with Crippen molar-refractivity contribution in [1.82, 2.24) is 0 Å². The number of carbonyl (C=O) groups is 1. The molecule has 0 fully saturated rings. The summed E-state index contributed by atoms with van der Waals surface area (Å²) < 4.78 is 9.87. The van der Waals surface area contributed by atoms with E-state index in [1.807, 2.05) is 13.0 Å². The lowest BCUT2D eigenvalue weighted by Crippen LogP contribution is -2.37. The third-order valence-corrected chi connectivity index (χ3v) is 1.88. The third kappa shape index (κ3) is 1.28. The van der Waals surface area contributed by atoms with Crippen LogP contribution in [0.3, 0.4) is 0 Å². The van der Waals surface area contributed by atoms with Crippen LogP contribution in [0.2, 0.25) is 0 Å². The quantitative estimate of drug-likeness (QED) is 0.440. The van der Waals surface area contributed by atoms with E-state index in [2.05, 4.69) is 4.74 Å². The number of carbonyl (C=O) groups excluding carboxylic acids is 1. The number of hydrogen-bond donors (Lipinski definition) is 0. The Labute approximate surface area is 66.0 Å². The van der Waals surface area contributed by atoms with E-state index in [1.54, 1.807) is 6.08 Å². The standard InChI is InChI=1S/C8H12O3/c1-3-8(7(9)10-2)5-4-6-11-8/h4-5H,3,6H2,1-2H3. The second-order valence-corrected chi connectivity index (χ2v) is 2.45. The van der Waals surface area contributed by atoms with Gasteiger partial charge in [-0.15, -0.1) is 0 Å². The number of hydrogen-bond acceptors (Lipinski definition) is 3. The van der Waals surface area contributed by atoms with E-state index in [0.717, 1.165) is 0 Å². The van der Waals surface area contributed by atoms with Crippen LogP contribution in [-0.4, -0.2) is 25.3 Å². The Morgan fingerprint density at radius 1 is 1.82 bits per heavy atom. The Morgan fingerprint density at radius 2 is 2.55 bits per heavy atom. The van der Waals surface area contributed by atoms with Gasteiger partial charge in [-0.1, -0.05) is 13.0 Å². The van der Waals surface area contributed by atoms with Gasteiger partial charge < -0.3 is 9.47 Å². The first-order valence-corrected chi connectivity index (χ1v) is 3.65. The molecule has 0 aliphatic carbocycles. The Balaban J connectivity index is 2.75. The van der Waals surface area contributed by atoms with Crippen LogP contribution in [-0.2, 0) is 14.3 Å². The summed E-state index contributed by atoms with van der Waals surface area (Å²) in [4.78, 5) is 11.2. The average molecular weight is 156 g/mol. The molecule has 0 N–H and O–H groups in total. The Bertz CT molecular complexity index is 186. The molecule has 0 radical (unpaired) electrons. The molecule has 1 rings (SSSR count). The maximum Gasteiger partial charge on any atom is 0.342 e. The zero-order valence-electron chi connectivity index (χ0n) is 6.79. The van der Waals surface area contributed by atoms with E-state index in [1.165, 1.54) is 7.11 Å². The maximum atomic E-state index is 11.2. The van der Waals surface area contributed by atoms with Crippen molar-refractivity contribution in [3.05, 3.63) is 12.2 Å². The normalized spacial score (nSPS) is 28.9. The van der Waals surface area contributed by atoms with Gasteiger partial charge >= 0.3 is 5.97 Å². The first-order chi connectivity index (χ1) is 5.25. The molecule has 3 heteroatoms. The van der Waals surface area contributed by atoms with E-state index in [4.69, 9.17) is 4.74 Å². The highest BCUT2D eigenvalue weighted by atomic mass is 16.6. The Hall–Kier alpha value is -0.830. The highest BCUT2D eigenvalue weighted by molar-refractivity contribution is 5.82. The van der Waals surface area contributed by atoms with Crippen molar-refractivity contribution in [1.29, 1.82) is 0 Å². The van der Waals surface area contributed by atoms with Gasteiger partial charge in [0.2, 0.25) is 0 Å². The van der Waals surface area contributed by atoms with Crippen molar-refractivity contribution < 1.29 is 14.3 Å². The fraction of sp³-hybridized carbons (Fsp3) is 0.625. The number of ether oxygens (including phenoxy) is 2. The molecule has 0 amide bonds. The highest BCUT2D eigenvalue weighted by Gasteiger charge is 2.38. The van der Waals surface area contributed by atoms with Crippen molar-refractivity contribution in [3.8, 4) is 0 Å². The second kappa shape index (κ2) is 3.05. The lowest BCUT2D eigenvalue weighted by molar-refractivity contribution is -0.160. The smallest absolute Gasteiger partial charge is 0.342 e. The monoisotopic (exact) mass is 156 g/mol. The molecule has 0 saturated carbocycles. The van der Waals surface area contributed by atoms with Crippen LogP contribution in [0.5, 0.6) is 0 Å². The van der Waals surface area contributed by atoms with Crippen molar-refractivity contribution in [2.24, 2.45) is 0 Å². The fourth-order valence-corrected chi connectivity index (χ4v) is 1.15. The van der Waals surface area contributed by atoms with Gasteiger partial charge in [0.25, 0.3) is 0 Å². The summed E-state index contributed by atoms with van der Waals surface area (Å²) in [5.41, 5.74) is -0.797. The summed E-state index contributed by atoms with van der Waals surface area (Å²) in [5.74, 6) is -0.311. The summed E-state index contributed by atoms with van der Waals surface area (Å²) in [6.45, 7) is 2.40. The first-order valence-electron chi connectivity index (χ1n) is 3.65. The predicted octanol–water partition coefficient (Wildman–Crippen LogP) is 0.895. The first kappa shape index (κ1) is 8.27. The number of methoxy groups -OCH3 is 1. The molecule has 1 aliphatic rings. The SMILES string of the molecule is CCC1(C(=O)OC)C=CCO1. The number of rotatable bonds is 2. The van der Waals surface area contributed by atoms with E-state index in [-0.39, 0.29) is 5.97 Å². The minimum absolute atomic E-state index is 0.311. The van der Waals surface area contributed by atoms with Crippen molar-refractivity contribution in [2.75, 3.05) is 13.7 Å². The summed E-state index contributed by atoms with van der Waals surface area (Å²) >= 11 is 0. The number of esters is 1. The molecule has 0 aromatic rings. The van der Waals surface area contributed by atoms with Crippen molar-refractivity contribution in [3.63, 3.8) is 0 Å². The van der Waals surface area contributed by atoms with Crippen LogP contribution >= 0.6 is 0 Å². The minimum atomic E-state index is -0.797. The summed E-state index contributed by atoms with van der Waals surface area (Å²) in [6, 6.07) is 0. The Morgan fingerprint density at radius 3 is 2.91 bits per heavy atom. The average Bonchev–Trinajstić information content (AvgIpc) is 2.52. The molecule has 62 valence electrons. The molecular formula is C8H12O3. The van der Waals surface area contributed by atoms with Crippen LogP contribution in [0.15, 0.2) is 12.2 Å². The molecule has 3 nitrogen and oxygen atoms in total. The van der Waals surface area contributed by atoms with Gasteiger partial charge in [0.05, 0.1) is 13.7 Å². The molecule has 1 unspecified atom stereocenters. The van der Waals surface area contributed by atoms with Gasteiger partial charge in [-0.2, -0.15) is 0 Å². The van der Waals surface area contributed by atoms with Gasteiger partial charge in [-0.05, 0) is 12.5 Å². The predicted molar refractivity (Wildman–Crippen MR) is 40.1 cm³/mol. The molecule has 1 heterocycles. The van der Waals surface area contributed by atoms with E-state index in [0.29, 0.717) is 13.0 Å². The van der Waals surface area contributed by atoms with Gasteiger partial charge in [0, 0.05) is 0 Å². The molecule has 0 aromatic heterocycles. The molecule has 1 atom stereocenters. The van der Waals surface area contributed by atoms with Crippen LogP contribution in [0.1, 0.15) is 13.3 Å². The topological polar surface area (TPSA) is 35.5 Å². The molecule has 0 saturated heterocycles. The van der Waals surface area contributed by atoms with Crippen LogP contribution in [0.4, 0.5) is 0 Å². The van der Waals surface area contributed by atoms with E-state index < -0.39 is 5.60 Å². The Kier molecular flexibility index (Phi) is 2.29. The molecule has 0 aromatic carbocycles. The minimum Gasteiger partial charge on any atom is -0.467 e. The lowest BCUT2D eigenvalue weighted by atomic mass is 10.0. The van der Waals surface area contributed by atoms with Crippen molar-refractivity contribution in [2.45, 2.75) is 18.9 Å². The van der Waals surface area contributed by atoms with Gasteiger partial charge in [-0.25, -0.2) is 4.79 Å². The molecular weight excluding hydrogens is 144 g/mol. The molecule has 0 bridgehead atoms. The molecule has 11 heavy (non-hydrogen) atoms.